The van der Waals surface area contributed by atoms with Crippen molar-refractivity contribution in [2.75, 3.05) is 11.9 Å². The highest BCUT2D eigenvalue weighted by Crippen LogP contribution is 2.37. The Morgan fingerprint density at radius 2 is 2.09 bits per heavy atom. The van der Waals surface area contributed by atoms with Gasteiger partial charge in [-0.05, 0) is 53.8 Å². The predicted octanol–water partition coefficient (Wildman–Crippen LogP) is 4.24. The van der Waals surface area contributed by atoms with Gasteiger partial charge in [-0.15, -0.1) is 11.3 Å². The van der Waals surface area contributed by atoms with Crippen LogP contribution in [0.3, 0.4) is 0 Å². The molecule has 0 saturated carbocycles. The fourth-order valence-corrected chi connectivity index (χ4v) is 5.16. The van der Waals surface area contributed by atoms with Gasteiger partial charge in [0, 0.05) is 30.2 Å². The fourth-order valence-electron chi connectivity index (χ4n) is 3.93. The second-order valence-corrected chi connectivity index (χ2v) is 9.00. The Morgan fingerprint density at radius 1 is 1.26 bits per heavy atom. The van der Waals surface area contributed by atoms with Gasteiger partial charge >= 0.3 is 0 Å². The average Bonchev–Trinajstić information content (AvgIpc) is 3.19. The molecule has 0 bridgehead atoms. The molecule has 2 aromatic heterocycles. The van der Waals surface area contributed by atoms with E-state index in [0.29, 0.717) is 48.7 Å². The quantitative estimate of drug-likeness (QED) is 0.495. The van der Waals surface area contributed by atoms with Gasteiger partial charge in [0.25, 0.3) is 0 Å². The van der Waals surface area contributed by atoms with Crippen molar-refractivity contribution in [1.82, 2.24) is 9.88 Å². The summed E-state index contributed by atoms with van der Waals surface area (Å²) in [5, 5.41) is 13.2. The highest BCUT2D eigenvalue weighted by Gasteiger charge is 2.27. The van der Waals surface area contributed by atoms with Crippen LogP contribution in [0.4, 0.5) is 5.00 Å². The van der Waals surface area contributed by atoms with Gasteiger partial charge in [-0.2, -0.15) is 5.26 Å². The van der Waals surface area contributed by atoms with E-state index in [1.165, 1.54) is 17.6 Å². The summed E-state index contributed by atoms with van der Waals surface area (Å²) in [5.41, 5.74) is 3.34. The molecule has 0 fully saturated rings. The normalized spacial score (nSPS) is 12.4. The Hall–Kier alpha value is -3.96. The monoisotopic (exact) mass is 472 g/mol. The number of thiophene rings is 1. The van der Waals surface area contributed by atoms with E-state index in [0.717, 1.165) is 21.6 Å². The van der Waals surface area contributed by atoms with E-state index in [-0.39, 0.29) is 18.2 Å². The smallest absolute Gasteiger partial charge is 0.227 e. The number of ether oxygens (including phenoxy) is 1. The van der Waals surface area contributed by atoms with Crippen LogP contribution in [-0.2, 0) is 35.4 Å². The minimum Gasteiger partial charge on any atom is -0.466 e. The number of aromatic nitrogens is 1. The highest BCUT2D eigenvalue weighted by atomic mass is 32.1. The standard InChI is InChI=1S/C26H24N4O3S/c1-2-33-20-5-3-4-18(14-20)6-7-24(31)29-26-22(16-27)21-10-13-30(17-23(21)34-26)25(32)15-19-8-11-28-12-9-19/h2-5,8-9,11-12,14H,1,6-7,10,13,15,17H2,(H,29,31). The molecule has 34 heavy (non-hydrogen) atoms. The lowest BCUT2D eigenvalue weighted by Gasteiger charge is -2.27. The number of pyridine rings is 1. The van der Waals surface area contributed by atoms with Gasteiger partial charge in [0.2, 0.25) is 11.8 Å². The Kier molecular flexibility index (Phi) is 7.35. The molecule has 1 aliphatic heterocycles. The number of benzene rings is 1. The number of anilines is 1. The van der Waals surface area contributed by atoms with Crippen LogP contribution in [0.2, 0.25) is 0 Å². The number of carbonyl (C=O) groups excluding carboxylic acids is 2. The van der Waals surface area contributed by atoms with Crippen molar-refractivity contribution >= 4 is 28.2 Å². The summed E-state index contributed by atoms with van der Waals surface area (Å²) >= 11 is 1.38. The van der Waals surface area contributed by atoms with Crippen LogP contribution in [0, 0.1) is 11.3 Å². The Labute approximate surface area is 202 Å². The summed E-state index contributed by atoms with van der Waals surface area (Å²) in [5.74, 6) is 0.557. The zero-order valence-electron chi connectivity index (χ0n) is 18.6. The van der Waals surface area contributed by atoms with Crippen LogP contribution in [-0.4, -0.2) is 28.2 Å². The first kappa shape index (κ1) is 23.2. The molecule has 0 radical (unpaired) electrons. The molecule has 3 aromatic rings. The summed E-state index contributed by atoms with van der Waals surface area (Å²) in [4.78, 5) is 32.1. The van der Waals surface area contributed by atoms with Crippen molar-refractivity contribution in [2.24, 2.45) is 0 Å². The molecule has 0 atom stereocenters. The van der Waals surface area contributed by atoms with Gasteiger partial charge in [0.1, 0.15) is 16.8 Å². The third-order valence-corrected chi connectivity index (χ3v) is 6.77. The summed E-state index contributed by atoms with van der Waals surface area (Å²) < 4.78 is 5.28. The number of rotatable bonds is 8. The van der Waals surface area contributed by atoms with E-state index in [2.05, 4.69) is 22.9 Å². The van der Waals surface area contributed by atoms with Crippen LogP contribution < -0.4 is 10.1 Å². The molecule has 7 nitrogen and oxygen atoms in total. The molecule has 2 amide bonds. The lowest BCUT2D eigenvalue weighted by molar-refractivity contribution is -0.131. The molecule has 172 valence electrons. The van der Waals surface area contributed by atoms with Crippen molar-refractivity contribution in [3.8, 4) is 11.8 Å². The molecule has 0 spiro atoms. The SMILES string of the molecule is C=COc1cccc(CCC(=O)Nc2sc3c(c2C#N)CCN(C(=O)Cc2ccncc2)C3)c1. The summed E-state index contributed by atoms with van der Waals surface area (Å²) in [6.45, 7) is 4.55. The largest absolute Gasteiger partial charge is 0.466 e. The van der Waals surface area contributed by atoms with Crippen molar-refractivity contribution in [3.05, 3.63) is 88.8 Å². The summed E-state index contributed by atoms with van der Waals surface area (Å²) in [6.07, 6.45) is 6.46. The average molecular weight is 473 g/mol. The molecule has 1 aliphatic rings. The van der Waals surface area contributed by atoms with Crippen molar-refractivity contribution in [2.45, 2.75) is 32.2 Å². The summed E-state index contributed by atoms with van der Waals surface area (Å²) in [7, 11) is 0. The van der Waals surface area contributed by atoms with E-state index in [4.69, 9.17) is 4.74 Å². The molecule has 1 aromatic carbocycles. The predicted molar refractivity (Wildman–Crippen MR) is 130 cm³/mol. The van der Waals surface area contributed by atoms with E-state index in [1.54, 1.807) is 12.4 Å². The lowest BCUT2D eigenvalue weighted by Crippen LogP contribution is -2.36. The maximum absolute atomic E-state index is 12.8. The molecule has 3 heterocycles. The van der Waals surface area contributed by atoms with Crippen LogP contribution in [0.1, 0.15) is 33.6 Å². The molecule has 0 unspecified atom stereocenters. The molecule has 0 saturated heterocycles. The van der Waals surface area contributed by atoms with Gasteiger partial charge in [0.05, 0.1) is 24.8 Å². The number of nitrogens with zero attached hydrogens (tertiary/aromatic N) is 3. The van der Waals surface area contributed by atoms with Gasteiger partial charge in [-0.1, -0.05) is 18.7 Å². The molecule has 4 rings (SSSR count). The third kappa shape index (κ3) is 5.50. The molecular formula is C26H24N4O3S. The third-order valence-electron chi connectivity index (χ3n) is 5.64. The zero-order chi connectivity index (χ0) is 23.9. The van der Waals surface area contributed by atoms with Crippen molar-refractivity contribution < 1.29 is 14.3 Å². The number of nitriles is 1. The maximum atomic E-state index is 12.8. The first-order chi connectivity index (χ1) is 16.6. The van der Waals surface area contributed by atoms with E-state index in [9.17, 15) is 14.9 Å². The highest BCUT2D eigenvalue weighted by molar-refractivity contribution is 7.16. The van der Waals surface area contributed by atoms with Gasteiger partial charge in [0.15, 0.2) is 0 Å². The maximum Gasteiger partial charge on any atom is 0.227 e. The van der Waals surface area contributed by atoms with Crippen LogP contribution in [0.15, 0.2) is 61.6 Å². The first-order valence-electron chi connectivity index (χ1n) is 10.9. The number of fused-ring (bicyclic) bond motifs is 1. The Morgan fingerprint density at radius 3 is 2.85 bits per heavy atom. The molecule has 1 N–H and O–H groups in total. The number of hydrogen-bond acceptors (Lipinski definition) is 6. The van der Waals surface area contributed by atoms with Crippen LogP contribution in [0.25, 0.3) is 0 Å². The molecule has 8 heteroatoms. The number of hydrogen-bond donors (Lipinski definition) is 1. The van der Waals surface area contributed by atoms with Crippen LogP contribution in [0.5, 0.6) is 5.75 Å². The second kappa shape index (κ2) is 10.8. The van der Waals surface area contributed by atoms with Gasteiger partial charge < -0.3 is 15.0 Å². The Bertz CT molecular complexity index is 1250. The summed E-state index contributed by atoms with van der Waals surface area (Å²) in [6, 6.07) is 13.4. The first-order valence-corrected chi connectivity index (χ1v) is 11.8. The minimum atomic E-state index is -0.157. The van der Waals surface area contributed by atoms with Gasteiger partial charge in [-0.25, -0.2) is 0 Å². The Balaban J connectivity index is 1.39. The fraction of sp³-hybridized carbons (Fsp3) is 0.231. The zero-order valence-corrected chi connectivity index (χ0v) is 19.4. The van der Waals surface area contributed by atoms with Crippen molar-refractivity contribution in [1.29, 1.82) is 5.26 Å². The lowest BCUT2D eigenvalue weighted by atomic mass is 10.0. The van der Waals surface area contributed by atoms with E-state index >= 15 is 0 Å². The second-order valence-electron chi connectivity index (χ2n) is 7.90. The van der Waals surface area contributed by atoms with Crippen LogP contribution >= 0.6 is 11.3 Å². The van der Waals surface area contributed by atoms with Crippen molar-refractivity contribution in [3.63, 3.8) is 0 Å². The van der Waals surface area contributed by atoms with E-state index in [1.807, 2.05) is 41.3 Å². The molecular weight excluding hydrogens is 448 g/mol. The number of aryl methyl sites for hydroxylation is 1. The minimum absolute atomic E-state index is 0.0389. The topological polar surface area (TPSA) is 95.3 Å². The molecule has 0 aliphatic carbocycles. The number of amides is 2. The van der Waals surface area contributed by atoms with Gasteiger partial charge in [-0.3, -0.25) is 14.6 Å². The number of carbonyl (C=O) groups is 2. The number of nitrogens with one attached hydrogen (secondary N) is 1. The van der Waals surface area contributed by atoms with E-state index < -0.39 is 0 Å².